The van der Waals surface area contributed by atoms with Crippen LogP contribution in [0.3, 0.4) is 0 Å². The third-order valence-electron chi connectivity index (χ3n) is 3.30. The van der Waals surface area contributed by atoms with E-state index in [-0.39, 0.29) is 0 Å². The van der Waals surface area contributed by atoms with Crippen molar-refractivity contribution >= 4 is 0 Å². The van der Waals surface area contributed by atoms with Crippen LogP contribution >= 0.6 is 0 Å². The third-order valence-corrected chi connectivity index (χ3v) is 3.30. The second-order valence-electron chi connectivity index (χ2n) is 4.57. The molecule has 0 aliphatic heterocycles. The molecule has 0 saturated heterocycles. The third kappa shape index (κ3) is 3.32. The highest BCUT2D eigenvalue weighted by atomic mass is 14.9. The first kappa shape index (κ1) is 11.6. The Labute approximate surface area is 87.8 Å². The maximum Gasteiger partial charge on any atom is 0.0574 e. The maximum atomic E-state index is 5.13. The van der Waals surface area contributed by atoms with E-state index < -0.39 is 0 Å². The minimum atomic E-state index is 0.617. The number of hydrogen-bond donors (Lipinski definition) is 2. The fourth-order valence-corrected chi connectivity index (χ4v) is 1.79. The van der Waals surface area contributed by atoms with E-state index in [1.54, 1.807) is 0 Å². The zero-order valence-electron chi connectivity index (χ0n) is 9.40. The van der Waals surface area contributed by atoms with E-state index in [0.717, 1.165) is 19.0 Å². The Bertz CT molecular complexity index is 199. The number of terminal acetylenes is 1. The summed E-state index contributed by atoms with van der Waals surface area (Å²) in [7, 11) is 0. The van der Waals surface area contributed by atoms with Crippen LogP contribution in [-0.2, 0) is 0 Å². The van der Waals surface area contributed by atoms with Gasteiger partial charge >= 0.3 is 0 Å². The topological polar surface area (TPSA) is 24.1 Å². The van der Waals surface area contributed by atoms with E-state index in [1.807, 2.05) is 0 Å². The number of rotatable bonds is 7. The van der Waals surface area contributed by atoms with Crippen LogP contribution < -0.4 is 10.6 Å². The summed E-state index contributed by atoms with van der Waals surface area (Å²) in [4.78, 5) is 0. The first-order chi connectivity index (χ1) is 6.71. The normalized spacial score (nSPS) is 18.1. The van der Waals surface area contributed by atoms with E-state index >= 15 is 0 Å². The van der Waals surface area contributed by atoms with Gasteiger partial charge in [-0.25, -0.2) is 0 Å². The summed E-state index contributed by atoms with van der Waals surface area (Å²) in [5.41, 5.74) is 0.617. The van der Waals surface area contributed by atoms with Gasteiger partial charge in [0.2, 0.25) is 0 Å². The standard InChI is InChI=1S/C12H22N2/c1-4-7-13-8-9-14-10-12(5-6-12)11(2)3/h1,11,13-14H,5-10H2,2-3H3. The van der Waals surface area contributed by atoms with Gasteiger partial charge in [-0.2, -0.15) is 0 Å². The molecule has 1 saturated carbocycles. The van der Waals surface area contributed by atoms with Crippen molar-refractivity contribution in [2.45, 2.75) is 26.7 Å². The molecule has 2 nitrogen and oxygen atoms in total. The second-order valence-corrected chi connectivity index (χ2v) is 4.57. The number of nitrogens with one attached hydrogen (secondary N) is 2. The Hall–Kier alpha value is -0.520. The molecule has 0 spiro atoms. The van der Waals surface area contributed by atoms with Crippen LogP contribution in [0.4, 0.5) is 0 Å². The molecule has 0 heterocycles. The quantitative estimate of drug-likeness (QED) is 0.470. The summed E-state index contributed by atoms with van der Waals surface area (Å²) >= 11 is 0. The van der Waals surface area contributed by atoms with Crippen molar-refractivity contribution < 1.29 is 0 Å². The summed E-state index contributed by atoms with van der Waals surface area (Å²) < 4.78 is 0. The predicted molar refractivity (Wildman–Crippen MR) is 61.1 cm³/mol. The molecule has 1 rings (SSSR count). The van der Waals surface area contributed by atoms with Crippen LogP contribution in [0, 0.1) is 23.7 Å². The molecule has 0 atom stereocenters. The van der Waals surface area contributed by atoms with Crippen LogP contribution in [0.25, 0.3) is 0 Å². The van der Waals surface area contributed by atoms with Crippen LogP contribution in [0.5, 0.6) is 0 Å². The summed E-state index contributed by atoms with van der Waals surface area (Å²) in [5, 5.41) is 6.67. The molecule has 0 aromatic heterocycles. The van der Waals surface area contributed by atoms with Gasteiger partial charge in [0.1, 0.15) is 0 Å². The van der Waals surface area contributed by atoms with Crippen molar-refractivity contribution in [2.24, 2.45) is 11.3 Å². The molecular weight excluding hydrogens is 172 g/mol. The van der Waals surface area contributed by atoms with Crippen molar-refractivity contribution in [1.29, 1.82) is 0 Å². The smallest absolute Gasteiger partial charge is 0.0574 e. The minimum absolute atomic E-state index is 0.617. The monoisotopic (exact) mass is 194 g/mol. The lowest BCUT2D eigenvalue weighted by atomic mass is 9.92. The molecule has 0 aromatic rings. The first-order valence-corrected chi connectivity index (χ1v) is 5.56. The highest BCUT2D eigenvalue weighted by Crippen LogP contribution is 2.51. The van der Waals surface area contributed by atoms with Crippen molar-refractivity contribution in [2.75, 3.05) is 26.2 Å². The zero-order chi connectivity index (χ0) is 10.4. The van der Waals surface area contributed by atoms with E-state index in [0.29, 0.717) is 12.0 Å². The van der Waals surface area contributed by atoms with Gasteiger partial charge in [-0.3, -0.25) is 0 Å². The van der Waals surface area contributed by atoms with E-state index in [2.05, 4.69) is 30.4 Å². The Balaban J connectivity index is 1.97. The Morgan fingerprint density at radius 1 is 1.29 bits per heavy atom. The van der Waals surface area contributed by atoms with Crippen LogP contribution in [0.15, 0.2) is 0 Å². The molecule has 0 bridgehead atoms. The lowest BCUT2D eigenvalue weighted by Gasteiger charge is -2.20. The molecule has 1 aliphatic carbocycles. The average molecular weight is 194 g/mol. The largest absolute Gasteiger partial charge is 0.315 e. The summed E-state index contributed by atoms with van der Waals surface area (Å²) in [5.74, 6) is 3.38. The molecule has 0 radical (unpaired) electrons. The van der Waals surface area contributed by atoms with Crippen molar-refractivity contribution in [3.63, 3.8) is 0 Å². The second kappa shape index (κ2) is 5.38. The zero-order valence-corrected chi connectivity index (χ0v) is 9.40. The van der Waals surface area contributed by atoms with Crippen molar-refractivity contribution in [1.82, 2.24) is 10.6 Å². The van der Waals surface area contributed by atoms with Crippen LogP contribution in [0.1, 0.15) is 26.7 Å². The van der Waals surface area contributed by atoms with E-state index in [9.17, 15) is 0 Å². The molecule has 14 heavy (non-hydrogen) atoms. The van der Waals surface area contributed by atoms with Gasteiger partial charge < -0.3 is 10.6 Å². The lowest BCUT2D eigenvalue weighted by molar-refractivity contribution is 0.339. The number of hydrogen-bond acceptors (Lipinski definition) is 2. The lowest BCUT2D eigenvalue weighted by Crippen LogP contribution is -2.33. The Morgan fingerprint density at radius 3 is 2.43 bits per heavy atom. The van der Waals surface area contributed by atoms with Gasteiger partial charge in [0.05, 0.1) is 6.54 Å². The fourth-order valence-electron chi connectivity index (χ4n) is 1.79. The maximum absolute atomic E-state index is 5.13. The summed E-state index contributed by atoms with van der Waals surface area (Å²) in [6.45, 7) is 8.49. The Kier molecular flexibility index (Phi) is 4.44. The molecular formula is C12H22N2. The first-order valence-electron chi connectivity index (χ1n) is 5.56. The van der Waals surface area contributed by atoms with Gasteiger partial charge in [-0.1, -0.05) is 19.8 Å². The average Bonchev–Trinajstić information content (AvgIpc) is 2.92. The molecule has 0 amide bonds. The van der Waals surface area contributed by atoms with Crippen LogP contribution in [-0.4, -0.2) is 26.2 Å². The van der Waals surface area contributed by atoms with Gasteiger partial charge in [0.15, 0.2) is 0 Å². The fraction of sp³-hybridized carbons (Fsp3) is 0.833. The molecule has 0 aromatic carbocycles. The van der Waals surface area contributed by atoms with Gasteiger partial charge in [-0.05, 0) is 24.2 Å². The van der Waals surface area contributed by atoms with Crippen LogP contribution in [0.2, 0.25) is 0 Å². The SMILES string of the molecule is C#CCNCCNCC1(C(C)C)CC1. The molecule has 2 heteroatoms. The summed E-state index contributed by atoms with van der Waals surface area (Å²) in [6, 6.07) is 0. The van der Waals surface area contributed by atoms with Gasteiger partial charge in [-0.15, -0.1) is 6.42 Å². The molecule has 1 fully saturated rings. The highest BCUT2D eigenvalue weighted by Gasteiger charge is 2.44. The van der Waals surface area contributed by atoms with E-state index in [4.69, 9.17) is 6.42 Å². The molecule has 80 valence electrons. The van der Waals surface area contributed by atoms with Gasteiger partial charge in [0, 0.05) is 19.6 Å². The van der Waals surface area contributed by atoms with Crippen molar-refractivity contribution in [3.05, 3.63) is 0 Å². The minimum Gasteiger partial charge on any atom is -0.315 e. The molecule has 1 aliphatic rings. The van der Waals surface area contributed by atoms with Gasteiger partial charge in [0.25, 0.3) is 0 Å². The highest BCUT2D eigenvalue weighted by molar-refractivity contribution is 4.97. The molecule has 2 N–H and O–H groups in total. The van der Waals surface area contributed by atoms with Crippen molar-refractivity contribution in [3.8, 4) is 12.3 Å². The summed E-state index contributed by atoms with van der Waals surface area (Å²) in [6.07, 6.45) is 7.93. The molecule has 0 unspecified atom stereocenters. The van der Waals surface area contributed by atoms with E-state index in [1.165, 1.54) is 19.4 Å². The Morgan fingerprint density at radius 2 is 1.93 bits per heavy atom. The predicted octanol–water partition coefficient (Wildman–Crippen LogP) is 1.23.